The predicted octanol–water partition coefficient (Wildman–Crippen LogP) is -1.31. The van der Waals surface area contributed by atoms with Crippen molar-refractivity contribution in [3.8, 4) is 0 Å². The van der Waals surface area contributed by atoms with E-state index >= 15 is 0 Å². The minimum atomic E-state index is -1.88. The van der Waals surface area contributed by atoms with Crippen LogP contribution in [0.4, 0.5) is 4.79 Å². The maximum Gasteiger partial charge on any atom is 0.419 e. The summed E-state index contributed by atoms with van der Waals surface area (Å²) in [4.78, 5) is 22.9. The van der Waals surface area contributed by atoms with Gasteiger partial charge in [-0.1, -0.05) is 0 Å². The third kappa shape index (κ3) is 1.36. The molecule has 7 nitrogen and oxygen atoms in total. The molecule has 0 radical (unpaired) electrons. The van der Waals surface area contributed by atoms with E-state index in [1.807, 2.05) is 4.98 Å². The van der Waals surface area contributed by atoms with E-state index in [-0.39, 0.29) is 5.69 Å². The quantitative estimate of drug-likeness (QED) is 0.394. The Morgan fingerprint density at radius 1 is 1.58 bits per heavy atom. The zero-order valence-electron chi connectivity index (χ0n) is 5.76. The van der Waals surface area contributed by atoms with Crippen molar-refractivity contribution in [2.45, 2.75) is 6.29 Å². The lowest BCUT2D eigenvalue weighted by molar-refractivity contribution is -0.0456. The highest BCUT2D eigenvalue weighted by molar-refractivity contribution is 5.67. The molecule has 1 heterocycles. The molecular formula is C5H6N2O5. The van der Waals surface area contributed by atoms with Gasteiger partial charge >= 0.3 is 11.8 Å². The molecule has 1 aromatic rings. The molecule has 0 amide bonds. The average Bonchev–Trinajstić information content (AvgIpc) is 2.30. The van der Waals surface area contributed by atoms with Gasteiger partial charge in [-0.05, 0) is 0 Å². The van der Waals surface area contributed by atoms with Crippen LogP contribution < -0.4 is 5.69 Å². The standard InChI is InChI=1S/C5H6N2O5/c8-3(9)2-1-7(5(11)12)4(10)6-2/h1,3,8-9H,(H,6,10)(H,11,12). The maximum atomic E-state index is 10.7. The smallest absolute Gasteiger partial charge is 0.419 e. The first-order valence-electron chi connectivity index (χ1n) is 2.93. The third-order valence-corrected chi connectivity index (χ3v) is 1.22. The number of hydrogen-bond acceptors (Lipinski definition) is 4. The van der Waals surface area contributed by atoms with Crippen LogP contribution in [-0.4, -0.2) is 31.0 Å². The fourth-order valence-corrected chi connectivity index (χ4v) is 0.687. The Bertz CT molecular complexity index is 349. The van der Waals surface area contributed by atoms with Gasteiger partial charge in [0, 0.05) is 6.20 Å². The molecule has 0 unspecified atom stereocenters. The number of aromatic amines is 1. The van der Waals surface area contributed by atoms with Crippen LogP contribution in [0.25, 0.3) is 0 Å². The molecule has 0 saturated heterocycles. The molecule has 4 N–H and O–H groups in total. The largest absolute Gasteiger partial charge is 0.464 e. The lowest BCUT2D eigenvalue weighted by Crippen LogP contribution is -2.22. The fraction of sp³-hybridized carbons (Fsp3) is 0.200. The number of hydrogen-bond donors (Lipinski definition) is 4. The van der Waals surface area contributed by atoms with Crippen molar-refractivity contribution < 1.29 is 20.1 Å². The average molecular weight is 174 g/mol. The van der Waals surface area contributed by atoms with Crippen molar-refractivity contribution >= 4 is 6.09 Å². The van der Waals surface area contributed by atoms with E-state index in [9.17, 15) is 9.59 Å². The van der Waals surface area contributed by atoms with Gasteiger partial charge in [0.1, 0.15) is 0 Å². The minimum Gasteiger partial charge on any atom is -0.464 e. The molecule has 0 saturated carbocycles. The van der Waals surface area contributed by atoms with E-state index in [1.165, 1.54) is 0 Å². The summed E-state index contributed by atoms with van der Waals surface area (Å²) < 4.78 is 0.314. The maximum absolute atomic E-state index is 10.7. The summed E-state index contributed by atoms with van der Waals surface area (Å²) in [5.74, 6) is 0. The van der Waals surface area contributed by atoms with E-state index in [4.69, 9.17) is 15.3 Å². The fourth-order valence-electron chi connectivity index (χ4n) is 0.687. The molecule has 1 aromatic heterocycles. The van der Waals surface area contributed by atoms with Crippen molar-refractivity contribution in [1.29, 1.82) is 0 Å². The van der Waals surface area contributed by atoms with Crippen molar-refractivity contribution in [2.75, 3.05) is 0 Å². The van der Waals surface area contributed by atoms with Crippen LogP contribution in [0.15, 0.2) is 11.0 Å². The number of aliphatic hydroxyl groups excluding tert-OH is 1. The Kier molecular flexibility index (Phi) is 1.98. The van der Waals surface area contributed by atoms with Crippen LogP contribution in [-0.2, 0) is 0 Å². The highest BCUT2D eigenvalue weighted by Crippen LogP contribution is 2.01. The SMILES string of the molecule is O=C(O)n1cc(C(O)O)[nH]c1=O. The van der Waals surface area contributed by atoms with Gasteiger partial charge in [-0.3, -0.25) is 0 Å². The van der Waals surface area contributed by atoms with Crippen LogP contribution in [0.1, 0.15) is 12.0 Å². The van der Waals surface area contributed by atoms with E-state index in [0.29, 0.717) is 4.57 Å². The first-order chi connectivity index (χ1) is 5.52. The summed E-state index contributed by atoms with van der Waals surface area (Å²) in [7, 11) is 0. The number of carboxylic acid groups (broad SMARTS) is 1. The molecule has 66 valence electrons. The van der Waals surface area contributed by atoms with E-state index in [2.05, 4.69) is 0 Å². The van der Waals surface area contributed by atoms with Gasteiger partial charge in [-0.15, -0.1) is 0 Å². The van der Waals surface area contributed by atoms with E-state index in [1.54, 1.807) is 0 Å². The summed E-state index contributed by atoms with van der Waals surface area (Å²) >= 11 is 0. The number of imidazole rings is 1. The first kappa shape index (κ1) is 8.50. The van der Waals surface area contributed by atoms with Gasteiger partial charge in [-0.25, -0.2) is 14.2 Å². The Balaban J connectivity index is 3.18. The number of aromatic nitrogens is 2. The summed E-state index contributed by atoms with van der Waals surface area (Å²) in [5.41, 5.74) is -1.19. The van der Waals surface area contributed by atoms with Crippen LogP contribution in [0.5, 0.6) is 0 Å². The lowest BCUT2D eigenvalue weighted by atomic mass is 10.5. The molecule has 12 heavy (non-hydrogen) atoms. The first-order valence-corrected chi connectivity index (χ1v) is 2.93. The molecular weight excluding hydrogens is 168 g/mol. The highest BCUT2D eigenvalue weighted by Gasteiger charge is 2.12. The molecule has 0 spiro atoms. The van der Waals surface area contributed by atoms with E-state index in [0.717, 1.165) is 6.20 Å². The zero-order valence-corrected chi connectivity index (χ0v) is 5.76. The zero-order chi connectivity index (χ0) is 9.30. The monoisotopic (exact) mass is 174 g/mol. The number of H-pyrrole nitrogens is 1. The van der Waals surface area contributed by atoms with Crippen molar-refractivity contribution in [2.24, 2.45) is 0 Å². The lowest BCUT2D eigenvalue weighted by Gasteiger charge is -1.95. The molecule has 0 bridgehead atoms. The Morgan fingerprint density at radius 2 is 2.17 bits per heavy atom. The van der Waals surface area contributed by atoms with Gasteiger partial charge < -0.3 is 20.3 Å². The summed E-state index contributed by atoms with van der Waals surface area (Å²) in [6.45, 7) is 0. The van der Waals surface area contributed by atoms with Crippen LogP contribution >= 0.6 is 0 Å². The molecule has 0 aliphatic heterocycles. The number of nitrogens with one attached hydrogen (secondary N) is 1. The van der Waals surface area contributed by atoms with Gasteiger partial charge in [0.05, 0.1) is 5.69 Å². The van der Waals surface area contributed by atoms with Crippen LogP contribution in [0, 0.1) is 0 Å². The van der Waals surface area contributed by atoms with Crippen LogP contribution in [0.2, 0.25) is 0 Å². The molecule has 0 aromatic carbocycles. The number of rotatable bonds is 1. The molecule has 1 rings (SSSR count). The second kappa shape index (κ2) is 2.80. The van der Waals surface area contributed by atoms with Gasteiger partial charge in [0.2, 0.25) is 0 Å². The van der Waals surface area contributed by atoms with Gasteiger partial charge in [-0.2, -0.15) is 0 Å². The number of nitrogens with zero attached hydrogens (tertiary/aromatic N) is 1. The number of aliphatic hydroxyl groups is 2. The van der Waals surface area contributed by atoms with E-state index < -0.39 is 18.1 Å². The van der Waals surface area contributed by atoms with Crippen molar-refractivity contribution in [3.63, 3.8) is 0 Å². The summed E-state index contributed by atoms with van der Waals surface area (Å²) in [6.07, 6.45) is -2.56. The molecule has 0 aliphatic carbocycles. The van der Waals surface area contributed by atoms with Crippen molar-refractivity contribution in [3.05, 3.63) is 22.4 Å². The Morgan fingerprint density at radius 3 is 2.42 bits per heavy atom. The summed E-state index contributed by atoms with van der Waals surface area (Å²) in [5, 5.41) is 25.4. The topological polar surface area (TPSA) is 116 Å². The second-order valence-electron chi connectivity index (χ2n) is 2.04. The normalized spacial score (nSPS) is 10.6. The molecule has 0 fully saturated rings. The Labute approximate surface area is 65.5 Å². The summed E-state index contributed by atoms with van der Waals surface area (Å²) in [6, 6.07) is 0. The minimum absolute atomic E-state index is 0.262. The molecule has 7 heteroatoms. The van der Waals surface area contributed by atoms with Crippen molar-refractivity contribution in [1.82, 2.24) is 9.55 Å². The second-order valence-corrected chi connectivity index (χ2v) is 2.04. The predicted molar refractivity (Wildman–Crippen MR) is 35.7 cm³/mol. The van der Waals surface area contributed by atoms with Gasteiger partial charge in [0.15, 0.2) is 6.29 Å². The third-order valence-electron chi connectivity index (χ3n) is 1.22. The molecule has 0 atom stereocenters. The van der Waals surface area contributed by atoms with Crippen LogP contribution in [0.3, 0.4) is 0 Å². The van der Waals surface area contributed by atoms with Gasteiger partial charge in [0.25, 0.3) is 0 Å². The Hall–Kier alpha value is -1.60. The number of carbonyl (C=O) groups is 1. The molecule has 0 aliphatic rings. The highest BCUT2D eigenvalue weighted by atomic mass is 16.5.